The molecule has 3 unspecified atom stereocenters. The number of nitro benzene ring substituents is 1. The van der Waals surface area contributed by atoms with Crippen LogP contribution in [0.2, 0.25) is 0 Å². The first kappa shape index (κ1) is 30.0. The van der Waals surface area contributed by atoms with Gasteiger partial charge in [0.2, 0.25) is 11.8 Å². The van der Waals surface area contributed by atoms with Crippen LogP contribution in [0.5, 0.6) is 11.5 Å². The van der Waals surface area contributed by atoms with Crippen molar-refractivity contribution in [2.75, 3.05) is 23.4 Å². The number of thiazole rings is 1. The molecule has 3 amide bonds. The summed E-state index contributed by atoms with van der Waals surface area (Å²) in [5.41, 5.74) is 1.01. The lowest BCUT2D eigenvalue weighted by molar-refractivity contribution is -0.384. The molecule has 2 N–H and O–H groups in total. The van der Waals surface area contributed by atoms with Gasteiger partial charge in [-0.1, -0.05) is 29.2 Å². The highest BCUT2D eigenvalue weighted by atomic mass is 32.2. The van der Waals surface area contributed by atoms with Crippen LogP contribution in [0.15, 0.2) is 76.6 Å². The van der Waals surface area contributed by atoms with Crippen molar-refractivity contribution in [2.45, 2.75) is 23.1 Å². The number of nitrogens with zero attached hydrogens (tertiary/aromatic N) is 2. The van der Waals surface area contributed by atoms with Crippen LogP contribution < -0.4 is 24.6 Å². The molecular formula is C30H23FN4O8S2. The van der Waals surface area contributed by atoms with E-state index in [2.05, 4.69) is 10.3 Å². The molecule has 2 aliphatic rings. The number of benzene rings is 3. The van der Waals surface area contributed by atoms with Gasteiger partial charge in [0, 0.05) is 28.6 Å². The van der Waals surface area contributed by atoms with Gasteiger partial charge in [-0.3, -0.25) is 29.3 Å². The summed E-state index contributed by atoms with van der Waals surface area (Å²) in [4.78, 5) is 67.1. The van der Waals surface area contributed by atoms with Crippen molar-refractivity contribution in [3.63, 3.8) is 0 Å². The van der Waals surface area contributed by atoms with Crippen molar-refractivity contribution in [1.29, 1.82) is 0 Å². The van der Waals surface area contributed by atoms with Gasteiger partial charge in [0.25, 0.3) is 11.6 Å². The number of nitrogens with one attached hydrogen (secondary N) is 2. The number of anilines is 2. The number of hydrogen-bond acceptors (Lipinski definition) is 10. The van der Waals surface area contributed by atoms with E-state index in [-0.39, 0.29) is 41.0 Å². The Hall–Kier alpha value is -5.02. The van der Waals surface area contributed by atoms with Crippen LogP contribution in [0.25, 0.3) is 0 Å². The number of carbonyl (C=O) groups is 3. The van der Waals surface area contributed by atoms with E-state index < -0.39 is 45.5 Å². The van der Waals surface area contributed by atoms with Crippen molar-refractivity contribution in [3.05, 3.63) is 103 Å². The number of nitro groups is 1. The first-order chi connectivity index (χ1) is 21.6. The summed E-state index contributed by atoms with van der Waals surface area (Å²) in [5, 5.41) is 13.4. The molecule has 0 aliphatic carbocycles. The number of ether oxygens (including phenoxy) is 2. The van der Waals surface area contributed by atoms with E-state index >= 15 is 0 Å². The lowest BCUT2D eigenvalue weighted by Crippen LogP contribution is -2.32. The van der Waals surface area contributed by atoms with E-state index in [1.165, 1.54) is 48.5 Å². The standard InChI is InChI=1S/C30H23FN4O8S2/c1-2-42-21-13-15(3-12-20(21)43-14-22(36)32-17-6-4-16(31)5-7-17)23-24-26(44-27-25(23)45-30(39)33-27)29(38)34(28(24)37)18-8-10-19(11-9-18)35(40)41/h3-13,23-24,26H,2,14H2,1H3,(H,32,36)(H,33,39). The van der Waals surface area contributed by atoms with E-state index in [1.54, 1.807) is 25.1 Å². The van der Waals surface area contributed by atoms with Crippen LogP contribution in [0, 0.1) is 21.8 Å². The Morgan fingerprint density at radius 1 is 1.02 bits per heavy atom. The molecular weight excluding hydrogens is 627 g/mol. The molecule has 15 heteroatoms. The van der Waals surface area contributed by atoms with E-state index in [9.17, 15) is 33.7 Å². The molecule has 45 heavy (non-hydrogen) atoms. The highest BCUT2D eigenvalue weighted by Gasteiger charge is 2.56. The summed E-state index contributed by atoms with van der Waals surface area (Å²) < 4.78 is 24.7. The van der Waals surface area contributed by atoms with Gasteiger partial charge in [-0.05, 0) is 61.0 Å². The minimum Gasteiger partial charge on any atom is -0.490 e. The van der Waals surface area contributed by atoms with Crippen molar-refractivity contribution in [3.8, 4) is 11.5 Å². The number of halogens is 1. The fourth-order valence-corrected chi connectivity index (χ4v) is 7.85. The van der Waals surface area contributed by atoms with Gasteiger partial charge >= 0.3 is 4.87 Å². The summed E-state index contributed by atoms with van der Waals surface area (Å²) in [5.74, 6) is -2.97. The maximum absolute atomic E-state index is 13.9. The summed E-state index contributed by atoms with van der Waals surface area (Å²) >= 11 is 2.06. The molecule has 3 aromatic carbocycles. The zero-order valence-electron chi connectivity index (χ0n) is 23.4. The number of fused-ring (bicyclic) bond motifs is 2. The minimum absolute atomic E-state index is 0.180. The van der Waals surface area contributed by atoms with Crippen molar-refractivity contribution >= 4 is 57.9 Å². The molecule has 4 aromatic rings. The second kappa shape index (κ2) is 12.2. The maximum Gasteiger partial charge on any atom is 0.305 e. The molecule has 2 aliphatic heterocycles. The number of rotatable bonds is 9. The van der Waals surface area contributed by atoms with E-state index in [1.807, 2.05) is 0 Å². The number of aromatic nitrogens is 1. The Balaban J connectivity index is 1.30. The van der Waals surface area contributed by atoms with Crippen LogP contribution in [-0.2, 0) is 14.4 Å². The van der Waals surface area contributed by atoms with Crippen molar-refractivity contribution in [1.82, 2.24) is 4.98 Å². The third kappa shape index (κ3) is 5.79. The molecule has 1 aromatic heterocycles. The SMILES string of the molecule is CCOc1cc(C2c3sc(=O)[nH]c3SC3C(=O)N(c4ccc([N+](=O)[O-])cc4)C(=O)C32)ccc1OCC(=O)Nc1ccc(F)cc1. The number of amides is 3. The lowest BCUT2D eigenvalue weighted by Gasteiger charge is -2.30. The van der Waals surface area contributed by atoms with Gasteiger partial charge in [-0.15, -0.1) is 0 Å². The average Bonchev–Trinajstić information content (AvgIpc) is 3.51. The second-order valence-corrected chi connectivity index (χ2v) is 12.2. The number of H-pyrrole nitrogens is 1. The normalized spacial score (nSPS) is 18.7. The Morgan fingerprint density at radius 3 is 2.44 bits per heavy atom. The molecule has 0 radical (unpaired) electrons. The smallest absolute Gasteiger partial charge is 0.305 e. The monoisotopic (exact) mass is 650 g/mol. The molecule has 0 spiro atoms. The number of thioether (sulfide) groups is 1. The Kier molecular flexibility index (Phi) is 8.12. The minimum atomic E-state index is -0.889. The fraction of sp³-hybridized carbons (Fsp3) is 0.200. The zero-order chi connectivity index (χ0) is 31.8. The topological polar surface area (TPSA) is 161 Å². The number of imide groups is 1. The molecule has 0 saturated carbocycles. The van der Waals surface area contributed by atoms with Crippen LogP contribution in [0.4, 0.5) is 21.5 Å². The van der Waals surface area contributed by atoms with Gasteiger partial charge in [0.05, 0.1) is 28.2 Å². The van der Waals surface area contributed by atoms with Crippen LogP contribution in [0.1, 0.15) is 23.3 Å². The van der Waals surface area contributed by atoms with E-state index in [0.29, 0.717) is 21.2 Å². The molecule has 1 fully saturated rings. The van der Waals surface area contributed by atoms with Crippen molar-refractivity contribution in [2.24, 2.45) is 5.92 Å². The number of aromatic amines is 1. The summed E-state index contributed by atoms with van der Waals surface area (Å²) in [6.07, 6.45) is 0. The molecule has 3 atom stereocenters. The van der Waals surface area contributed by atoms with E-state index in [4.69, 9.17) is 9.47 Å². The molecule has 0 bridgehead atoms. The quantitative estimate of drug-likeness (QED) is 0.149. The van der Waals surface area contributed by atoms with Crippen LogP contribution >= 0.6 is 23.1 Å². The Bertz CT molecular complexity index is 1880. The van der Waals surface area contributed by atoms with Crippen molar-refractivity contribution < 1.29 is 33.2 Å². The Morgan fingerprint density at radius 2 is 1.76 bits per heavy atom. The first-order valence-corrected chi connectivity index (χ1v) is 15.3. The number of hydrogen-bond donors (Lipinski definition) is 2. The molecule has 230 valence electrons. The maximum atomic E-state index is 13.9. The molecule has 1 saturated heterocycles. The van der Waals surface area contributed by atoms with E-state index in [0.717, 1.165) is 28.0 Å². The predicted molar refractivity (Wildman–Crippen MR) is 164 cm³/mol. The third-order valence-electron chi connectivity index (χ3n) is 7.26. The fourth-order valence-electron chi connectivity index (χ4n) is 5.33. The highest BCUT2D eigenvalue weighted by Crippen LogP contribution is 2.53. The van der Waals surface area contributed by atoms with Crippen LogP contribution in [0.3, 0.4) is 0 Å². The summed E-state index contributed by atoms with van der Waals surface area (Å²) in [7, 11) is 0. The Labute approximate surface area is 262 Å². The van der Waals surface area contributed by atoms with Gasteiger partial charge < -0.3 is 19.8 Å². The predicted octanol–water partition coefficient (Wildman–Crippen LogP) is 4.70. The average molecular weight is 651 g/mol. The number of carbonyl (C=O) groups excluding carboxylic acids is 3. The lowest BCUT2D eigenvalue weighted by atomic mass is 9.83. The number of non-ortho nitro benzene ring substituents is 1. The highest BCUT2D eigenvalue weighted by molar-refractivity contribution is 8.00. The first-order valence-electron chi connectivity index (χ1n) is 13.6. The van der Waals surface area contributed by atoms with Crippen LogP contribution in [-0.4, -0.2) is 46.1 Å². The zero-order valence-corrected chi connectivity index (χ0v) is 25.0. The largest absolute Gasteiger partial charge is 0.490 e. The van der Waals surface area contributed by atoms with Gasteiger partial charge in [0.1, 0.15) is 11.1 Å². The van der Waals surface area contributed by atoms with Gasteiger partial charge in [-0.2, -0.15) is 0 Å². The third-order valence-corrected chi connectivity index (χ3v) is 9.66. The summed E-state index contributed by atoms with van der Waals surface area (Å²) in [6, 6.07) is 15.4. The molecule has 12 nitrogen and oxygen atoms in total. The molecule has 3 heterocycles. The molecule has 6 rings (SSSR count). The second-order valence-electron chi connectivity index (χ2n) is 10.0. The van der Waals surface area contributed by atoms with Gasteiger partial charge in [-0.25, -0.2) is 9.29 Å². The summed E-state index contributed by atoms with van der Waals surface area (Å²) in [6.45, 7) is 1.65. The van der Waals surface area contributed by atoms with Gasteiger partial charge in [0.15, 0.2) is 18.1 Å².